The first-order valence-electron chi connectivity index (χ1n) is 43.8. The summed E-state index contributed by atoms with van der Waals surface area (Å²) >= 11 is 0. The van der Waals surface area contributed by atoms with Gasteiger partial charge in [0.2, 0.25) is 29.5 Å². The molecule has 6 atom stereocenters. The predicted molar refractivity (Wildman–Crippen MR) is 449 cm³/mol. The molecule has 0 spiro atoms. The molecule has 8 aliphatic rings. The summed E-state index contributed by atoms with van der Waals surface area (Å²) in [5, 5.41) is 47.4. The number of aliphatic hydroxyl groups excluding tert-OH is 3. The highest BCUT2D eigenvalue weighted by atomic mass is 19.4. The first kappa shape index (κ1) is 104. The van der Waals surface area contributed by atoms with Gasteiger partial charge in [-0.3, -0.25) is 43.6 Å². The lowest BCUT2D eigenvalue weighted by atomic mass is 9.69. The van der Waals surface area contributed by atoms with Gasteiger partial charge in [0.05, 0.1) is 80.9 Å². The monoisotopic (exact) mass is 1630 g/mol. The molecule has 7 saturated heterocycles. The van der Waals surface area contributed by atoms with Crippen molar-refractivity contribution >= 4 is 35.6 Å². The maximum Gasteiger partial charge on any atom is 0.407 e. The molecule has 29 heteroatoms. The molecule has 0 aromatic heterocycles. The van der Waals surface area contributed by atoms with Crippen molar-refractivity contribution in [2.45, 2.75) is 357 Å². The number of rotatable bonds is 27. The first-order valence-corrected chi connectivity index (χ1v) is 43.8. The molecule has 6 amide bonds. The van der Waals surface area contributed by atoms with E-state index in [0.29, 0.717) is 93.7 Å². The molecule has 0 radical (unpaired) electrons. The number of likely N-dealkylation sites (tertiary alicyclic amines) is 6. The van der Waals surface area contributed by atoms with Gasteiger partial charge >= 0.3 is 12.3 Å². The van der Waals surface area contributed by atoms with Gasteiger partial charge in [0, 0.05) is 183 Å². The first-order chi connectivity index (χ1) is 53.1. The number of piperidine rings is 6. The lowest BCUT2D eigenvalue weighted by Crippen LogP contribution is -2.59. The van der Waals surface area contributed by atoms with Gasteiger partial charge in [-0.15, -0.1) is 0 Å². The van der Waals surface area contributed by atoms with E-state index < -0.39 is 54.8 Å². The molecule has 0 aromatic rings. The number of alkyl carbamates (subject to hydrolysis) is 1. The Morgan fingerprint density at radius 2 is 0.912 bits per heavy atom. The second kappa shape index (κ2) is 50.8. The van der Waals surface area contributed by atoms with E-state index in [1.807, 2.05) is 55.4 Å². The summed E-state index contributed by atoms with van der Waals surface area (Å²) in [5.41, 5.74) is 5.35. The number of amides is 6. The van der Waals surface area contributed by atoms with Crippen LogP contribution in [-0.2, 0) is 38.2 Å². The van der Waals surface area contributed by atoms with Crippen molar-refractivity contribution in [2.24, 2.45) is 28.9 Å². The third-order valence-corrected chi connectivity index (χ3v) is 24.0. The number of hydrogen-bond acceptors (Lipinski definition) is 20. The minimum absolute atomic E-state index is 0.00773. The number of carbonyl (C=O) groups is 6. The lowest BCUT2D eigenvalue weighted by molar-refractivity contribution is -0.145. The molecule has 6 unspecified atom stereocenters. The summed E-state index contributed by atoms with van der Waals surface area (Å²) in [5.74, 6) is 0.738. The van der Waals surface area contributed by atoms with Gasteiger partial charge < -0.3 is 81.9 Å². The number of aliphatic hydroxyl groups is 3. The maximum absolute atomic E-state index is 12.3. The van der Waals surface area contributed by atoms with E-state index in [-0.39, 0.29) is 76.9 Å². The smallest absolute Gasteiger partial charge is 0.407 e. The van der Waals surface area contributed by atoms with Crippen LogP contribution < -0.4 is 37.6 Å². The van der Waals surface area contributed by atoms with E-state index >= 15 is 0 Å². The van der Waals surface area contributed by atoms with Gasteiger partial charge in [0.15, 0.2) is 0 Å². The highest BCUT2D eigenvalue weighted by Crippen LogP contribution is 2.41. The van der Waals surface area contributed by atoms with Gasteiger partial charge in [0.1, 0.15) is 0 Å². The number of morpholine rings is 1. The molecule has 8 fully saturated rings. The van der Waals surface area contributed by atoms with Crippen LogP contribution in [0.2, 0.25) is 0 Å². The third kappa shape index (κ3) is 39.4. The Bertz CT molecular complexity index is 2680. The maximum atomic E-state index is 12.3. The fraction of sp³-hybridized carbons (Fsp3) is 0.929. The molecule has 8 rings (SSSR count). The van der Waals surface area contributed by atoms with Crippen molar-refractivity contribution in [3.05, 3.63) is 0 Å². The zero-order valence-electron chi connectivity index (χ0n) is 75.1. The summed E-state index contributed by atoms with van der Waals surface area (Å²) in [4.78, 5) is 87.4. The molecule has 0 aromatic carbocycles. The number of ether oxygens (including phenoxy) is 3. The molecule has 7 heterocycles. The molecule has 7 aliphatic heterocycles. The van der Waals surface area contributed by atoms with E-state index in [4.69, 9.17) is 19.9 Å². The van der Waals surface area contributed by atoms with E-state index in [9.17, 15) is 57.3 Å². The Labute approximate surface area is 687 Å². The molecule has 1 aliphatic carbocycles. The summed E-state index contributed by atoms with van der Waals surface area (Å²) in [6.45, 7) is 62.5. The number of alkyl halides is 3. The van der Waals surface area contributed by atoms with Crippen LogP contribution in [0, 0.1) is 23.2 Å². The quantitative estimate of drug-likeness (QED) is 0.0345. The molecule has 668 valence electrons. The fourth-order valence-corrected chi connectivity index (χ4v) is 15.4. The number of β-amino-alcohol motifs (C(OH)–C–C–N with tert-alkyl or cyclic N) is 2. The fourth-order valence-electron chi connectivity index (χ4n) is 15.4. The number of nitrogens with one attached hydrogen (secondary N) is 6. The molecule has 11 N–H and O–H groups in total. The second-order valence-corrected chi connectivity index (χ2v) is 37.5. The summed E-state index contributed by atoms with van der Waals surface area (Å²) in [6, 6.07) is 2.66. The van der Waals surface area contributed by atoms with Crippen molar-refractivity contribution in [3.63, 3.8) is 0 Å². The highest BCUT2D eigenvalue weighted by Gasteiger charge is 2.44. The van der Waals surface area contributed by atoms with Crippen LogP contribution in [0.4, 0.5) is 18.0 Å². The zero-order chi connectivity index (χ0) is 86.1. The molecular formula is C85H165F3N14O12. The lowest BCUT2D eigenvalue weighted by Gasteiger charge is -2.45. The largest absolute Gasteiger partial charge is 0.447 e. The molecule has 1 saturated carbocycles. The Balaban J connectivity index is 0.000000356. The van der Waals surface area contributed by atoms with Crippen molar-refractivity contribution in [1.29, 1.82) is 0 Å². The van der Waals surface area contributed by atoms with Gasteiger partial charge in [0.25, 0.3) is 0 Å². The Kier molecular flexibility index (Phi) is 46.4. The van der Waals surface area contributed by atoms with Crippen molar-refractivity contribution < 1.29 is 71.5 Å². The van der Waals surface area contributed by atoms with Crippen LogP contribution in [0.15, 0.2) is 0 Å². The van der Waals surface area contributed by atoms with Crippen LogP contribution in [0.3, 0.4) is 0 Å². The molecule has 0 bridgehead atoms. The minimum atomic E-state index is -4.32. The third-order valence-electron chi connectivity index (χ3n) is 24.0. The summed E-state index contributed by atoms with van der Waals surface area (Å²) < 4.78 is 52.4. The standard InChI is InChI=1S/C19H37N3O3.C15H28N2O.C13H27N3O.C13H26N2O3.C13H26N2O2.C12H21F3N2O2/c1-16(2)18(23)20-19(5-7-22(8-6-19)17(3)4)15-25-14-11-21-9-12-24-13-10-21;1-12(2)17-10-8-15(4,9-11-17)16-13(18)14(3)6-5-7-14;1-9(2)7-13(17)15-12-5-6-16(10(3)4)8-11(12)14;1-10(2)15-7-5-13(9-16,6-8-15)14-12(17)18-11(3)4;1-9(2)7-13(17)14-11-5-6-15(10(3)4)8-12(11)16;1-8(2)17-6-4-9(10(18)7-17)16-11(19)3-5-12(13,14)15/h16-17H,5-15H2,1-4H3,(H,20,23);12H,5-11H2,1-4H3,(H,16,18);9-12H,5-8,14H2,1-4H3,(H,15,17);10-11,16H,5-9H2,1-4H3,(H,14,17);9-12,16H,5-8H2,1-4H3,(H,14,17);8-10,18H,3-7H2,1-2H3,(H,16,19). The van der Waals surface area contributed by atoms with Crippen LogP contribution in [0.1, 0.15) is 255 Å². The molecule has 114 heavy (non-hydrogen) atoms. The van der Waals surface area contributed by atoms with Gasteiger partial charge in [-0.2, -0.15) is 13.2 Å². The average molecular weight is 1630 g/mol. The predicted octanol–water partition coefficient (Wildman–Crippen LogP) is 8.50. The van der Waals surface area contributed by atoms with Crippen LogP contribution in [-0.4, -0.2) is 318 Å². The number of halogens is 3. The van der Waals surface area contributed by atoms with Crippen molar-refractivity contribution in [3.8, 4) is 0 Å². The highest BCUT2D eigenvalue weighted by molar-refractivity contribution is 5.84. The Morgan fingerprint density at radius 3 is 1.28 bits per heavy atom. The van der Waals surface area contributed by atoms with E-state index in [1.165, 1.54) is 6.42 Å². The average Bonchev–Trinajstić information content (AvgIpc) is 0.786. The zero-order valence-corrected chi connectivity index (χ0v) is 75.1. The van der Waals surface area contributed by atoms with Crippen molar-refractivity contribution in [1.82, 2.24) is 66.2 Å². The Hall–Kier alpha value is -4.11. The van der Waals surface area contributed by atoms with Crippen LogP contribution in [0.5, 0.6) is 0 Å². The van der Waals surface area contributed by atoms with Crippen LogP contribution in [0.25, 0.3) is 0 Å². The van der Waals surface area contributed by atoms with E-state index in [1.54, 1.807) is 0 Å². The number of nitrogens with two attached hydrogens (primary N) is 1. The van der Waals surface area contributed by atoms with Crippen LogP contribution >= 0.6 is 0 Å². The SMILES string of the molecule is CC(C)C(=O)NC1(COCCN2CCOCC2)CCN(C(C)C)CC1.CC(C)CC(=O)NC1CCN(C(C)C)CC1N.CC(C)CC(=O)NC1CCN(C(C)C)CC1O.CC(C)N1CCC(C)(NC(=O)C2(C)CCC2)CC1.CC(C)N1CCC(NC(=O)CCC(F)(F)F)C(O)C1.CC(C)OC(=O)NC1(CO)CCN(C(C)C)CC1. The van der Waals surface area contributed by atoms with Crippen molar-refractivity contribution in [2.75, 3.05) is 131 Å². The number of hydrogen-bond donors (Lipinski definition) is 10. The number of nitrogens with zero attached hydrogens (tertiary/aromatic N) is 7. The van der Waals surface area contributed by atoms with Gasteiger partial charge in [-0.25, -0.2) is 4.79 Å². The second-order valence-electron chi connectivity index (χ2n) is 37.5. The molecule has 26 nitrogen and oxygen atoms in total. The number of carbonyl (C=O) groups excluding carboxylic acids is 6. The van der Waals surface area contributed by atoms with Gasteiger partial charge in [-0.1, -0.05) is 54.9 Å². The summed E-state index contributed by atoms with van der Waals surface area (Å²) in [6.07, 6.45) is 4.63. The van der Waals surface area contributed by atoms with Gasteiger partial charge in [-0.05, 0) is 186 Å². The van der Waals surface area contributed by atoms with E-state index in [0.717, 1.165) is 163 Å². The minimum Gasteiger partial charge on any atom is -0.447 e. The summed E-state index contributed by atoms with van der Waals surface area (Å²) in [7, 11) is 0. The van der Waals surface area contributed by atoms with E-state index in [2.05, 4.69) is 163 Å². The molecular weight excluding hydrogens is 1470 g/mol. The Morgan fingerprint density at radius 1 is 0.509 bits per heavy atom. The normalized spacial score (nSPS) is 24.5. The topological polar surface area (TPSA) is 312 Å².